The van der Waals surface area contributed by atoms with Crippen LogP contribution in [-0.4, -0.2) is 9.97 Å². The summed E-state index contributed by atoms with van der Waals surface area (Å²) in [5.74, 6) is 5.56. The molecule has 5 heteroatoms. The van der Waals surface area contributed by atoms with Crippen LogP contribution in [0.25, 0.3) is 0 Å². The zero-order valence-corrected chi connectivity index (χ0v) is 9.87. The standard InChI is InChI=1S/C11H14N4S/c1-8-2-3-13-9(6-8)10(15-12)7-11-14-4-5-16-11/h2-6,10,15H,7,12H2,1H3. The molecule has 0 aliphatic heterocycles. The number of hydrogen-bond acceptors (Lipinski definition) is 5. The molecule has 0 aromatic carbocycles. The molecule has 0 saturated heterocycles. The number of aromatic nitrogens is 2. The van der Waals surface area contributed by atoms with E-state index in [0.717, 1.165) is 17.1 Å². The molecule has 2 aromatic heterocycles. The highest BCUT2D eigenvalue weighted by Crippen LogP contribution is 2.17. The van der Waals surface area contributed by atoms with E-state index in [0.29, 0.717) is 0 Å². The van der Waals surface area contributed by atoms with E-state index < -0.39 is 0 Å². The Hall–Kier alpha value is -1.30. The summed E-state index contributed by atoms with van der Waals surface area (Å²) in [6, 6.07) is 4.03. The van der Waals surface area contributed by atoms with E-state index in [9.17, 15) is 0 Å². The van der Waals surface area contributed by atoms with Crippen LogP contribution in [0, 0.1) is 6.92 Å². The highest BCUT2D eigenvalue weighted by molar-refractivity contribution is 7.09. The van der Waals surface area contributed by atoms with Gasteiger partial charge in [-0.3, -0.25) is 16.3 Å². The Balaban J connectivity index is 2.16. The maximum atomic E-state index is 5.56. The SMILES string of the molecule is Cc1ccnc(C(Cc2nccs2)NN)c1. The van der Waals surface area contributed by atoms with Crippen molar-refractivity contribution in [1.29, 1.82) is 0 Å². The minimum absolute atomic E-state index is 0.0195. The molecule has 0 aliphatic rings. The van der Waals surface area contributed by atoms with Crippen molar-refractivity contribution in [1.82, 2.24) is 15.4 Å². The summed E-state index contributed by atoms with van der Waals surface area (Å²) in [5, 5.41) is 3.03. The first-order valence-electron chi connectivity index (χ1n) is 5.06. The van der Waals surface area contributed by atoms with Gasteiger partial charge in [0.2, 0.25) is 0 Å². The third kappa shape index (κ3) is 2.63. The number of nitrogens with one attached hydrogen (secondary N) is 1. The molecule has 1 atom stereocenters. The van der Waals surface area contributed by atoms with Gasteiger partial charge in [-0.1, -0.05) is 0 Å². The summed E-state index contributed by atoms with van der Waals surface area (Å²) in [4.78, 5) is 8.57. The van der Waals surface area contributed by atoms with Crippen molar-refractivity contribution < 1.29 is 0 Å². The van der Waals surface area contributed by atoms with Crippen LogP contribution < -0.4 is 11.3 Å². The molecular formula is C11H14N4S. The number of pyridine rings is 1. The third-order valence-electron chi connectivity index (χ3n) is 2.36. The Kier molecular flexibility index (Phi) is 3.61. The van der Waals surface area contributed by atoms with Crippen molar-refractivity contribution in [3.63, 3.8) is 0 Å². The molecule has 2 heterocycles. The maximum Gasteiger partial charge on any atom is 0.0944 e. The van der Waals surface area contributed by atoms with Gasteiger partial charge >= 0.3 is 0 Å². The first-order valence-corrected chi connectivity index (χ1v) is 5.94. The van der Waals surface area contributed by atoms with E-state index in [-0.39, 0.29) is 6.04 Å². The topological polar surface area (TPSA) is 63.8 Å². The normalized spacial score (nSPS) is 12.6. The van der Waals surface area contributed by atoms with Crippen molar-refractivity contribution in [3.05, 3.63) is 46.2 Å². The summed E-state index contributed by atoms with van der Waals surface area (Å²) in [6.45, 7) is 2.04. The van der Waals surface area contributed by atoms with Gasteiger partial charge in [0.1, 0.15) is 0 Å². The number of hydrogen-bond donors (Lipinski definition) is 2. The van der Waals surface area contributed by atoms with Crippen molar-refractivity contribution in [2.45, 2.75) is 19.4 Å². The van der Waals surface area contributed by atoms with Gasteiger partial charge in [0, 0.05) is 24.2 Å². The molecule has 0 radical (unpaired) electrons. The molecule has 2 rings (SSSR count). The van der Waals surface area contributed by atoms with Crippen LogP contribution in [0.5, 0.6) is 0 Å². The van der Waals surface area contributed by atoms with Gasteiger partial charge in [-0.15, -0.1) is 11.3 Å². The second-order valence-electron chi connectivity index (χ2n) is 3.61. The summed E-state index contributed by atoms with van der Waals surface area (Å²) >= 11 is 1.63. The molecule has 0 bridgehead atoms. The highest BCUT2D eigenvalue weighted by atomic mass is 32.1. The number of nitrogens with zero attached hydrogens (tertiary/aromatic N) is 2. The van der Waals surface area contributed by atoms with Crippen molar-refractivity contribution in [3.8, 4) is 0 Å². The quantitative estimate of drug-likeness (QED) is 0.623. The molecule has 84 valence electrons. The third-order valence-corrected chi connectivity index (χ3v) is 3.16. The largest absolute Gasteiger partial charge is 0.271 e. The highest BCUT2D eigenvalue weighted by Gasteiger charge is 2.13. The molecule has 0 aliphatic carbocycles. The first kappa shape index (κ1) is 11.2. The van der Waals surface area contributed by atoms with Gasteiger partial charge in [-0.2, -0.15) is 0 Å². The lowest BCUT2D eigenvalue weighted by atomic mass is 10.1. The molecule has 0 saturated carbocycles. The van der Waals surface area contributed by atoms with Crippen LogP contribution in [-0.2, 0) is 6.42 Å². The monoisotopic (exact) mass is 234 g/mol. The average Bonchev–Trinajstić information content (AvgIpc) is 2.78. The first-order chi connectivity index (χ1) is 7.79. The predicted molar refractivity (Wildman–Crippen MR) is 64.9 cm³/mol. The number of aryl methyl sites for hydroxylation is 1. The zero-order valence-electron chi connectivity index (χ0n) is 9.05. The molecule has 16 heavy (non-hydrogen) atoms. The minimum atomic E-state index is 0.0195. The second-order valence-corrected chi connectivity index (χ2v) is 4.59. The fraction of sp³-hybridized carbons (Fsp3) is 0.273. The van der Waals surface area contributed by atoms with Gasteiger partial charge in [0.05, 0.1) is 16.7 Å². The average molecular weight is 234 g/mol. The van der Waals surface area contributed by atoms with Crippen LogP contribution in [0.1, 0.15) is 22.3 Å². The summed E-state index contributed by atoms with van der Waals surface area (Å²) < 4.78 is 0. The van der Waals surface area contributed by atoms with Crippen molar-refractivity contribution >= 4 is 11.3 Å². The number of thiazole rings is 1. The predicted octanol–water partition coefficient (Wildman–Crippen LogP) is 1.59. The molecule has 0 fully saturated rings. The molecule has 2 aromatic rings. The van der Waals surface area contributed by atoms with Crippen molar-refractivity contribution in [2.24, 2.45) is 5.84 Å². The van der Waals surface area contributed by atoms with Gasteiger partial charge in [-0.05, 0) is 24.6 Å². The zero-order chi connectivity index (χ0) is 11.4. The Morgan fingerprint density at radius 1 is 1.44 bits per heavy atom. The van der Waals surface area contributed by atoms with E-state index >= 15 is 0 Å². The lowest BCUT2D eigenvalue weighted by Gasteiger charge is -2.14. The lowest BCUT2D eigenvalue weighted by molar-refractivity contribution is 0.537. The lowest BCUT2D eigenvalue weighted by Crippen LogP contribution is -2.30. The fourth-order valence-electron chi connectivity index (χ4n) is 1.53. The Morgan fingerprint density at radius 2 is 2.31 bits per heavy atom. The van der Waals surface area contributed by atoms with Crippen LogP contribution >= 0.6 is 11.3 Å². The summed E-state index contributed by atoms with van der Waals surface area (Å²) in [6.07, 6.45) is 4.37. The van der Waals surface area contributed by atoms with Gasteiger partial charge < -0.3 is 0 Å². The Morgan fingerprint density at radius 3 is 2.94 bits per heavy atom. The van der Waals surface area contributed by atoms with Crippen LogP contribution in [0.3, 0.4) is 0 Å². The summed E-state index contributed by atoms with van der Waals surface area (Å²) in [5.41, 5.74) is 4.93. The molecule has 4 nitrogen and oxygen atoms in total. The molecule has 0 amide bonds. The van der Waals surface area contributed by atoms with E-state index in [4.69, 9.17) is 5.84 Å². The van der Waals surface area contributed by atoms with E-state index in [1.807, 2.05) is 24.4 Å². The Labute approximate surface area is 98.5 Å². The van der Waals surface area contributed by atoms with Crippen LogP contribution in [0.2, 0.25) is 0 Å². The van der Waals surface area contributed by atoms with Gasteiger partial charge in [0.25, 0.3) is 0 Å². The maximum absolute atomic E-state index is 5.56. The molecule has 0 spiro atoms. The van der Waals surface area contributed by atoms with E-state index in [2.05, 4.69) is 15.4 Å². The fourth-order valence-corrected chi connectivity index (χ4v) is 2.19. The molecule has 1 unspecified atom stereocenters. The number of rotatable bonds is 4. The number of nitrogens with two attached hydrogens (primary N) is 1. The second kappa shape index (κ2) is 5.16. The van der Waals surface area contributed by atoms with Gasteiger partial charge in [0.15, 0.2) is 0 Å². The van der Waals surface area contributed by atoms with Crippen LogP contribution in [0.15, 0.2) is 29.9 Å². The van der Waals surface area contributed by atoms with E-state index in [1.165, 1.54) is 5.56 Å². The Bertz CT molecular complexity index is 441. The summed E-state index contributed by atoms with van der Waals surface area (Å²) in [7, 11) is 0. The molecular weight excluding hydrogens is 220 g/mol. The van der Waals surface area contributed by atoms with E-state index in [1.54, 1.807) is 23.7 Å². The molecule has 3 N–H and O–H groups in total. The van der Waals surface area contributed by atoms with Crippen molar-refractivity contribution in [2.75, 3.05) is 0 Å². The minimum Gasteiger partial charge on any atom is -0.271 e. The number of hydrazine groups is 1. The smallest absolute Gasteiger partial charge is 0.0944 e. The van der Waals surface area contributed by atoms with Crippen LogP contribution in [0.4, 0.5) is 0 Å². The van der Waals surface area contributed by atoms with Gasteiger partial charge in [-0.25, -0.2) is 4.98 Å².